The predicted molar refractivity (Wildman–Crippen MR) is 72.8 cm³/mol. The molecule has 2 heterocycles. The van der Waals surface area contributed by atoms with Crippen LogP contribution in [0.15, 0.2) is 23.2 Å². The summed E-state index contributed by atoms with van der Waals surface area (Å²) in [6.45, 7) is 1.55. The summed E-state index contributed by atoms with van der Waals surface area (Å²) in [6.07, 6.45) is 0.689. The van der Waals surface area contributed by atoms with Crippen LogP contribution in [0.1, 0.15) is 22.3 Å². The molecule has 0 saturated heterocycles. The number of hydrogen-bond donors (Lipinski definition) is 1. The van der Waals surface area contributed by atoms with E-state index in [9.17, 15) is 9.59 Å². The minimum atomic E-state index is 0.0398. The number of anilines is 1. The summed E-state index contributed by atoms with van der Waals surface area (Å²) in [5.74, 6) is 0.873. The molecule has 0 unspecified atom stereocenters. The molecule has 0 bridgehead atoms. The zero-order chi connectivity index (χ0) is 13.4. The summed E-state index contributed by atoms with van der Waals surface area (Å²) >= 11 is 0. The van der Waals surface area contributed by atoms with Gasteiger partial charge >= 0.3 is 0 Å². The van der Waals surface area contributed by atoms with E-state index in [1.807, 2.05) is 12.1 Å². The summed E-state index contributed by atoms with van der Waals surface area (Å²) in [6, 6.07) is 5.46. The molecular weight excluding hydrogens is 242 g/mol. The maximum atomic E-state index is 12.1. The van der Waals surface area contributed by atoms with Gasteiger partial charge in [-0.05, 0) is 23.8 Å². The van der Waals surface area contributed by atoms with E-state index in [1.54, 1.807) is 18.0 Å². The average Bonchev–Trinajstić information content (AvgIpc) is 2.99. The first-order chi connectivity index (χ1) is 9.15. The largest absolute Gasteiger partial charge is 0.372 e. The first-order valence-corrected chi connectivity index (χ1v) is 6.35. The Balaban J connectivity index is 1.81. The van der Waals surface area contributed by atoms with E-state index >= 15 is 0 Å². The Bertz CT molecular complexity index is 592. The van der Waals surface area contributed by atoms with Crippen LogP contribution in [0.4, 0.5) is 5.69 Å². The Morgan fingerprint density at radius 2 is 2.32 bits per heavy atom. The van der Waals surface area contributed by atoms with Crippen molar-refractivity contribution in [3.63, 3.8) is 0 Å². The number of likely N-dealkylation sites (N-methyl/N-ethyl adjacent to an activating group) is 1. The molecule has 1 aromatic carbocycles. The van der Waals surface area contributed by atoms with Crippen LogP contribution in [-0.4, -0.2) is 37.7 Å². The Morgan fingerprint density at radius 1 is 1.47 bits per heavy atom. The standard InChI is InChI=1S/C14H15N3O2/c1-17-11-3-2-9(6-10(11)7-14(17)19)12(18)8-13-15-4-5-16-13/h2-3,6H,4-5,7-8H2,1H3,(H,15,16). The van der Waals surface area contributed by atoms with Crippen molar-refractivity contribution in [3.05, 3.63) is 29.3 Å². The van der Waals surface area contributed by atoms with Crippen molar-refractivity contribution < 1.29 is 9.59 Å². The molecule has 0 spiro atoms. The van der Waals surface area contributed by atoms with E-state index in [0.717, 1.165) is 30.2 Å². The third-order valence-corrected chi connectivity index (χ3v) is 3.55. The Morgan fingerprint density at radius 3 is 3.05 bits per heavy atom. The van der Waals surface area contributed by atoms with Crippen LogP contribution in [0.5, 0.6) is 0 Å². The Kier molecular flexibility index (Phi) is 2.81. The van der Waals surface area contributed by atoms with E-state index < -0.39 is 0 Å². The second-order valence-electron chi connectivity index (χ2n) is 4.83. The SMILES string of the molecule is CN1C(=O)Cc2cc(C(=O)CC3=NCCN3)ccc21. The number of Topliss-reactive ketones (excluding diaryl/α,β-unsaturated/α-hetero) is 1. The van der Waals surface area contributed by atoms with Crippen LogP contribution in [0.25, 0.3) is 0 Å². The zero-order valence-corrected chi connectivity index (χ0v) is 10.8. The van der Waals surface area contributed by atoms with Gasteiger partial charge in [-0.2, -0.15) is 0 Å². The maximum absolute atomic E-state index is 12.1. The number of carbonyl (C=O) groups excluding carboxylic acids is 2. The summed E-state index contributed by atoms with van der Waals surface area (Å²) in [5.41, 5.74) is 2.48. The number of aliphatic imine (C=N–C) groups is 1. The summed E-state index contributed by atoms with van der Waals surface area (Å²) < 4.78 is 0. The van der Waals surface area contributed by atoms with Crippen molar-refractivity contribution in [2.75, 3.05) is 25.0 Å². The van der Waals surface area contributed by atoms with Crippen molar-refractivity contribution in [3.8, 4) is 0 Å². The van der Waals surface area contributed by atoms with Crippen LogP contribution < -0.4 is 10.2 Å². The van der Waals surface area contributed by atoms with Crippen molar-refractivity contribution in [1.29, 1.82) is 0 Å². The molecule has 19 heavy (non-hydrogen) atoms. The van der Waals surface area contributed by atoms with Gasteiger partial charge in [-0.25, -0.2) is 0 Å². The maximum Gasteiger partial charge on any atom is 0.231 e. The highest BCUT2D eigenvalue weighted by atomic mass is 16.2. The van der Waals surface area contributed by atoms with Gasteiger partial charge in [0, 0.05) is 24.8 Å². The second kappa shape index (κ2) is 4.50. The van der Waals surface area contributed by atoms with Crippen LogP contribution in [0.3, 0.4) is 0 Å². The third-order valence-electron chi connectivity index (χ3n) is 3.55. The molecule has 0 saturated carbocycles. The number of carbonyl (C=O) groups is 2. The minimum absolute atomic E-state index is 0.0398. The van der Waals surface area contributed by atoms with Crippen LogP contribution >= 0.6 is 0 Å². The number of fused-ring (bicyclic) bond motifs is 1. The first kappa shape index (κ1) is 11.9. The van der Waals surface area contributed by atoms with E-state index in [2.05, 4.69) is 10.3 Å². The molecule has 0 radical (unpaired) electrons. The average molecular weight is 257 g/mol. The highest BCUT2D eigenvalue weighted by Gasteiger charge is 2.25. The number of nitrogens with one attached hydrogen (secondary N) is 1. The molecule has 5 nitrogen and oxygen atoms in total. The fourth-order valence-corrected chi connectivity index (χ4v) is 2.46. The van der Waals surface area contributed by atoms with Crippen LogP contribution in [-0.2, 0) is 11.2 Å². The predicted octanol–water partition coefficient (Wildman–Crippen LogP) is 0.780. The molecule has 1 aromatic rings. The fraction of sp³-hybridized carbons (Fsp3) is 0.357. The fourth-order valence-electron chi connectivity index (χ4n) is 2.46. The number of rotatable bonds is 3. The molecular formula is C14H15N3O2. The van der Waals surface area contributed by atoms with Gasteiger partial charge in [-0.3, -0.25) is 14.6 Å². The van der Waals surface area contributed by atoms with Gasteiger partial charge in [0.2, 0.25) is 5.91 Å². The van der Waals surface area contributed by atoms with Crippen LogP contribution in [0, 0.1) is 0 Å². The number of amides is 1. The van der Waals surface area contributed by atoms with Crippen molar-refractivity contribution in [2.24, 2.45) is 4.99 Å². The smallest absolute Gasteiger partial charge is 0.231 e. The van der Waals surface area contributed by atoms with E-state index in [0.29, 0.717) is 18.4 Å². The van der Waals surface area contributed by atoms with Gasteiger partial charge in [-0.1, -0.05) is 0 Å². The number of nitrogens with zero attached hydrogens (tertiary/aromatic N) is 2. The van der Waals surface area contributed by atoms with E-state index in [-0.39, 0.29) is 11.7 Å². The number of benzene rings is 1. The zero-order valence-electron chi connectivity index (χ0n) is 10.8. The summed E-state index contributed by atoms with van der Waals surface area (Å²) in [7, 11) is 1.76. The summed E-state index contributed by atoms with van der Waals surface area (Å²) in [4.78, 5) is 29.6. The normalized spacial score (nSPS) is 17.2. The number of hydrogen-bond acceptors (Lipinski definition) is 4. The molecule has 0 aromatic heterocycles. The monoisotopic (exact) mass is 257 g/mol. The van der Waals surface area contributed by atoms with Gasteiger partial charge in [0.1, 0.15) is 5.84 Å². The highest BCUT2D eigenvalue weighted by Crippen LogP contribution is 2.28. The first-order valence-electron chi connectivity index (χ1n) is 6.35. The second-order valence-corrected chi connectivity index (χ2v) is 4.83. The van der Waals surface area contributed by atoms with E-state index in [1.165, 1.54) is 0 Å². The Labute approximate surface area is 111 Å². The summed E-state index contributed by atoms with van der Waals surface area (Å²) in [5, 5.41) is 3.09. The molecule has 1 amide bonds. The topological polar surface area (TPSA) is 61.8 Å². The van der Waals surface area contributed by atoms with Gasteiger partial charge in [0.05, 0.1) is 19.4 Å². The molecule has 5 heteroatoms. The molecule has 3 rings (SSSR count). The lowest BCUT2D eigenvalue weighted by Crippen LogP contribution is -2.21. The van der Waals surface area contributed by atoms with Crippen LogP contribution in [0.2, 0.25) is 0 Å². The molecule has 2 aliphatic rings. The molecule has 98 valence electrons. The third kappa shape index (κ3) is 2.12. The molecule has 0 fully saturated rings. The van der Waals surface area contributed by atoms with Gasteiger partial charge in [0.15, 0.2) is 5.78 Å². The minimum Gasteiger partial charge on any atom is -0.372 e. The Hall–Kier alpha value is -2.17. The molecule has 1 N–H and O–H groups in total. The molecule has 2 aliphatic heterocycles. The number of ketones is 1. The quantitative estimate of drug-likeness (QED) is 0.814. The highest BCUT2D eigenvalue weighted by molar-refractivity contribution is 6.10. The lowest BCUT2D eigenvalue weighted by atomic mass is 10.0. The lowest BCUT2D eigenvalue weighted by molar-refractivity contribution is -0.117. The molecule has 0 aliphatic carbocycles. The van der Waals surface area contributed by atoms with Crippen molar-refractivity contribution >= 4 is 23.2 Å². The lowest BCUT2D eigenvalue weighted by Gasteiger charge is -2.10. The number of amidine groups is 1. The van der Waals surface area contributed by atoms with Crippen molar-refractivity contribution in [2.45, 2.75) is 12.8 Å². The van der Waals surface area contributed by atoms with Gasteiger partial charge < -0.3 is 10.2 Å². The van der Waals surface area contributed by atoms with Gasteiger partial charge in [0.25, 0.3) is 0 Å². The van der Waals surface area contributed by atoms with E-state index in [4.69, 9.17) is 0 Å². The van der Waals surface area contributed by atoms with Gasteiger partial charge in [-0.15, -0.1) is 0 Å². The van der Waals surface area contributed by atoms with Crippen molar-refractivity contribution in [1.82, 2.24) is 5.32 Å². The molecule has 0 atom stereocenters.